The lowest BCUT2D eigenvalue weighted by atomic mass is 10.2. The molecule has 1 aromatic carbocycles. The van der Waals surface area contributed by atoms with Crippen molar-refractivity contribution in [3.05, 3.63) is 29.8 Å². The van der Waals surface area contributed by atoms with Gasteiger partial charge in [-0.1, -0.05) is 12.1 Å². The number of nitrogens with zero attached hydrogens (tertiary/aromatic N) is 1. The Kier molecular flexibility index (Phi) is 5.97. The maximum Gasteiger partial charge on any atom is 0.306 e. The molecule has 2 N–H and O–H groups in total. The average molecular weight is 300 g/mol. The van der Waals surface area contributed by atoms with Crippen molar-refractivity contribution in [2.24, 2.45) is 0 Å². The third-order valence-electron chi connectivity index (χ3n) is 2.70. The molecule has 7 heteroatoms. The van der Waals surface area contributed by atoms with Crippen LogP contribution in [-0.4, -0.2) is 38.1 Å². The number of hydrogen-bond acceptors (Lipinski definition) is 5. The van der Waals surface area contributed by atoms with Gasteiger partial charge in [-0.05, 0) is 24.6 Å². The fourth-order valence-electron chi connectivity index (χ4n) is 1.65. The molecule has 0 atom stereocenters. The number of anilines is 1. The van der Waals surface area contributed by atoms with E-state index in [-0.39, 0.29) is 25.3 Å². The second-order valence-corrected chi connectivity index (χ2v) is 6.57. The summed E-state index contributed by atoms with van der Waals surface area (Å²) in [5, 5.41) is 0. The smallest absolute Gasteiger partial charge is 0.306 e. The van der Waals surface area contributed by atoms with Gasteiger partial charge in [0, 0.05) is 19.3 Å². The molecule has 0 amide bonds. The molecule has 0 aliphatic heterocycles. The van der Waals surface area contributed by atoms with Crippen LogP contribution in [0.25, 0.3) is 0 Å². The van der Waals surface area contributed by atoms with Crippen LogP contribution in [-0.2, 0) is 26.1 Å². The van der Waals surface area contributed by atoms with Crippen molar-refractivity contribution in [3.63, 3.8) is 0 Å². The maximum atomic E-state index is 12.0. The SMILES string of the molecule is CCOC(=O)CCS(=O)(=O)N(C)Cc1cccc(N)c1. The van der Waals surface area contributed by atoms with Crippen LogP contribution in [0.15, 0.2) is 24.3 Å². The number of benzene rings is 1. The van der Waals surface area contributed by atoms with Gasteiger partial charge in [0.05, 0.1) is 18.8 Å². The summed E-state index contributed by atoms with van der Waals surface area (Å²) in [5.41, 5.74) is 7.03. The number of hydrogen-bond donors (Lipinski definition) is 1. The van der Waals surface area contributed by atoms with E-state index in [9.17, 15) is 13.2 Å². The van der Waals surface area contributed by atoms with E-state index in [2.05, 4.69) is 0 Å². The molecule has 0 aliphatic carbocycles. The summed E-state index contributed by atoms with van der Waals surface area (Å²) >= 11 is 0. The van der Waals surface area contributed by atoms with E-state index in [4.69, 9.17) is 10.5 Å². The minimum atomic E-state index is -3.49. The second kappa shape index (κ2) is 7.25. The average Bonchev–Trinajstić information content (AvgIpc) is 2.37. The van der Waals surface area contributed by atoms with Gasteiger partial charge in [-0.25, -0.2) is 12.7 Å². The standard InChI is InChI=1S/C13H20N2O4S/c1-3-19-13(16)7-8-20(17,18)15(2)10-11-5-4-6-12(14)9-11/h4-6,9H,3,7-8,10,14H2,1-2H3. The summed E-state index contributed by atoms with van der Waals surface area (Å²) in [6.07, 6.45) is -0.141. The Labute approximate surface area is 119 Å². The third-order valence-corrected chi connectivity index (χ3v) is 4.50. The van der Waals surface area contributed by atoms with Crippen LogP contribution in [0.5, 0.6) is 0 Å². The molecule has 0 unspecified atom stereocenters. The molecule has 112 valence electrons. The Morgan fingerprint density at radius 1 is 1.40 bits per heavy atom. The first kappa shape index (κ1) is 16.5. The van der Waals surface area contributed by atoms with Gasteiger partial charge in [0.15, 0.2) is 0 Å². The molecule has 0 bridgehead atoms. The summed E-state index contributed by atoms with van der Waals surface area (Å²) in [6, 6.07) is 7.02. The van der Waals surface area contributed by atoms with Crippen LogP contribution in [0.3, 0.4) is 0 Å². The number of sulfonamides is 1. The van der Waals surface area contributed by atoms with Crippen molar-refractivity contribution in [2.75, 3.05) is 25.1 Å². The first-order valence-electron chi connectivity index (χ1n) is 6.29. The molecule has 0 aromatic heterocycles. The van der Waals surface area contributed by atoms with E-state index in [1.807, 2.05) is 0 Å². The molecule has 0 saturated carbocycles. The molecule has 1 aromatic rings. The highest BCUT2D eigenvalue weighted by Gasteiger charge is 2.20. The van der Waals surface area contributed by atoms with Crippen LogP contribution in [0.4, 0.5) is 5.69 Å². The Morgan fingerprint density at radius 3 is 2.70 bits per heavy atom. The number of rotatable bonds is 7. The molecule has 0 aliphatic rings. The van der Waals surface area contributed by atoms with Crippen molar-refractivity contribution >= 4 is 21.7 Å². The summed E-state index contributed by atoms with van der Waals surface area (Å²) in [5.74, 6) is -0.765. The second-order valence-electron chi connectivity index (χ2n) is 4.37. The highest BCUT2D eigenvalue weighted by molar-refractivity contribution is 7.89. The lowest BCUT2D eigenvalue weighted by molar-refractivity contribution is -0.142. The van der Waals surface area contributed by atoms with Gasteiger partial charge in [0.25, 0.3) is 0 Å². The molecule has 0 radical (unpaired) electrons. The van der Waals surface area contributed by atoms with Crippen molar-refractivity contribution < 1.29 is 17.9 Å². The zero-order valence-corrected chi connectivity index (χ0v) is 12.5. The van der Waals surface area contributed by atoms with Crippen molar-refractivity contribution in [2.45, 2.75) is 19.9 Å². The third kappa shape index (κ3) is 5.18. The molecule has 1 rings (SSSR count). The van der Waals surface area contributed by atoms with E-state index < -0.39 is 16.0 Å². The van der Waals surface area contributed by atoms with Gasteiger partial charge in [-0.3, -0.25) is 4.79 Å². The van der Waals surface area contributed by atoms with Crippen molar-refractivity contribution in [1.29, 1.82) is 0 Å². The summed E-state index contributed by atoms with van der Waals surface area (Å²) in [7, 11) is -2.02. The zero-order chi connectivity index (χ0) is 15.2. The normalized spacial score (nSPS) is 11.6. The van der Waals surface area contributed by atoms with Crippen molar-refractivity contribution in [1.82, 2.24) is 4.31 Å². The van der Waals surface area contributed by atoms with Gasteiger partial charge >= 0.3 is 5.97 Å². The predicted octanol–water partition coefficient (Wildman–Crippen LogP) is 0.984. The number of carbonyl (C=O) groups excluding carboxylic acids is 1. The monoisotopic (exact) mass is 300 g/mol. The number of ether oxygens (including phenoxy) is 1. The summed E-state index contributed by atoms with van der Waals surface area (Å²) in [4.78, 5) is 11.2. The molecule has 6 nitrogen and oxygen atoms in total. The molecular formula is C13H20N2O4S. The fraction of sp³-hybridized carbons (Fsp3) is 0.462. The predicted molar refractivity (Wildman–Crippen MR) is 77.4 cm³/mol. The Balaban J connectivity index is 2.61. The van der Waals surface area contributed by atoms with Gasteiger partial charge < -0.3 is 10.5 Å². The number of nitrogens with two attached hydrogens (primary N) is 1. The van der Waals surface area contributed by atoms with Gasteiger partial charge in [-0.2, -0.15) is 0 Å². The van der Waals surface area contributed by atoms with E-state index >= 15 is 0 Å². The first-order chi connectivity index (χ1) is 9.35. The van der Waals surface area contributed by atoms with E-state index in [1.54, 1.807) is 31.2 Å². The number of carbonyl (C=O) groups is 1. The summed E-state index contributed by atoms with van der Waals surface area (Å²) in [6.45, 7) is 2.15. The number of nitrogen functional groups attached to an aromatic ring is 1. The lowest BCUT2D eigenvalue weighted by Crippen LogP contribution is -2.30. The topological polar surface area (TPSA) is 89.7 Å². The Hall–Kier alpha value is -1.60. The van der Waals surface area contributed by atoms with Crippen LogP contribution < -0.4 is 5.73 Å². The van der Waals surface area contributed by atoms with Crippen LogP contribution in [0.2, 0.25) is 0 Å². The van der Waals surface area contributed by atoms with Crippen LogP contribution in [0.1, 0.15) is 18.9 Å². The molecule has 0 fully saturated rings. The van der Waals surface area contributed by atoms with Gasteiger partial charge in [-0.15, -0.1) is 0 Å². The molecule has 0 heterocycles. The molecule has 0 spiro atoms. The van der Waals surface area contributed by atoms with E-state index in [0.717, 1.165) is 5.56 Å². The van der Waals surface area contributed by atoms with E-state index in [1.165, 1.54) is 11.4 Å². The largest absolute Gasteiger partial charge is 0.466 e. The Morgan fingerprint density at radius 2 is 2.10 bits per heavy atom. The van der Waals surface area contributed by atoms with Gasteiger partial charge in [0.1, 0.15) is 0 Å². The van der Waals surface area contributed by atoms with Crippen LogP contribution in [0, 0.1) is 0 Å². The minimum absolute atomic E-state index is 0.141. The molecular weight excluding hydrogens is 280 g/mol. The highest BCUT2D eigenvalue weighted by atomic mass is 32.2. The zero-order valence-electron chi connectivity index (χ0n) is 11.7. The van der Waals surface area contributed by atoms with E-state index in [0.29, 0.717) is 5.69 Å². The highest BCUT2D eigenvalue weighted by Crippen LogP contribution is 2.12. The lowest BCUT2D eigenvalue weighted by Gasteiger charge is -2.17. The van der Waals surface area contributed by atoms with Gasteiger partial charge in [0.2, 0.25) is 10.0 Å². The fourth-order valence-corrected chi connectivity index (χ4v) is 2.73. The molecule has 20 heavy (non-hydrogen) atoms. The minimum Gasteiger partial charge on any atom is -0.466 e. The quantitative estimate of drug-likeness (QED) is 0.599. The first-order valence-corrected chi connectivity index (χ1v) is 7.90. The summed E-state index contributed by atoms with van der Waals surface area (Å²) < 4.78 is 30.0. The Bertz CT molecular complexity index is 557. The van der Waals surface area contributed by atoms with Crippen molar-refractivity contribution in [3.8, 4) is 0 Å². The van der Waals surface area contributed by atoms with Crippen LogP contribution >= 0.6 is 0 Å². The molecule has 0 saturated heterocycles. The maximum absolute atomic E-state index is 12.0. The number of esters is 1.